The number of aromatic nitrogens is 2. The summed E-state index contributed by atoms with van der Waals surface area (Å²) in [5.41, 5.74) is -8.99. The first-order valence-electron chi connectivity index (χ1n) is 9.34. The SMILES string of the molecule is CC(=O)[C@]1(O)[C@@](O)(C(C)=O)CS[C@H](Oc2cccc(-c3ccncc3)n2)[C@@]1(O)C(C)=O. The Morgan fingerprint density at radius 3 is 2.19 bits per heavy atom. The monoisotopic (exact) mass is 446 g/mol. The topological polar surface area (TPSA) is 147 Å². The fraction of sp³-hybridized carbons (Fsp3) is 0.381. The zero-order chi connectivity index (χ0) is 23.0. The standard InChI is InChI=1S/C21H22N2O7S/c1-12(24)19(27)11-31-18(20(28,13(2)25)21(19,29)14(3)26)30-17-6-4-5-16(23-17)15-7-9-22-10-8-15/h4-10,18,27-29H,11H2,1-3H3/t18-,19-,20-,21-/m0/s1. The van der Waals surface area contributed by atoms with E-state index in [9.17, 15) is 29.7 Å². The van der Waals surface area contributed by atoms with Crippen LogP contribution in [0.4, 0.5) is 0 Å². The maximum absolute atomic E-state index is 12.5. The maximum atomic E-state index is 12.5. The third-order valence-corrected chi connectivity index (χ3v) is 6.82. The molecule has 3 N–H and O–H groups in total. The van der Waals surface area contributed by atoms with Gasteiger partial charge in [0.2, 0.25) is 11.5 Å². The number of hydrogen-bond acceptors (Lipinski definition) is 10. The lowest BCUT2D eigenvalue weighted by atomic mass is 9.65. The number of carbonyl (C=O) groups is 3. The quantitative estimate of drug-likeness (QED) is 0.575. The van der Waals surface area contributed by atoms with Crippen LogP contribution in [0.15, 0.2) is 42.7 Å². The van der Waals surface area contributed by atoms with Crippen molar-refractivity contribution in [3.63, 3.8) is 0 Å². The van der Waals surface area contributed by atoms with Crippen LogP contribution in [-0.2, 0) is 14.4 Å². The molecule has 0 saturated carbocycles. The highest BCUT2D eigenvalue weighted by Gasteiger charge is 2.75. The molecule has 9 nitrogen and oxygen atoms in total. The highest BCUT2D eigenvalue weighted by atomic mass is 32.2. The molecule has 0 spiro atoms. The van der Waals surface area contributed by atoms with Gasteiger partial charge in [0.05, 0.1) is 5.69 Å². The fourth-order valence-corrected chi connectivity index (χ4v) is 5.19. The second kappa shape index (κ2) is 8.12. The zero-order valence-corrected chi connectivity index (χ0v) is 17.9. The lowest BCUT2D eigenvalue weighted by Gasteiger charge is -2.54. The Hall–Kier alpha value is -2.66. The minimum Gasteiger partial charge on any atom is -0.459 e. The number of ether oxygens (including phenoxy) is 1. The van der Waals surface area contributed by atoms with Gasteiger partial charge in [0, 0.05) is 29.8 Å². The van der Waals surface area contributed by atoms with Crippen LogP contribution in [0.5, 0.6) is 5.88 Å². The van der Waals surface area contributed by atoms with Gasteiger partial charge in [-0.1, -0.05) is 6.07 Å². The van der Waals surface area contributed by atoms with E-state index in [1.165, 1.54) is 6.07 Å². The average molecular weight is 446 g/mol. The number of pyridine rings is 2. The lowest BCUT2D eigenvalue weighted by Crippen LogP contribution is -2.82. The molecule has 10 heteroatoms. The van der Waals surface area contributed by atoms with Crippen molar-refractivity contribution in [1.29, 1.82) is 0 Å². The Morgan fingerprint density at radius 1 is 1.00 bits per heavy atom. The van der Waals surface area contributed by atoms with E-state index in [4.69, 9.17) is 4.74 Å². The predicted molar refractivity (Wildman–Crippen MR) is 111 cm³/mol. The fourth-order valence-electron chi connectivity index (χ4n) is 3.64. The van der Waals surface area contributed by atoms with Gasteiger partial charge in [-0.3, -0.25) is 19.4 Å². The molecule has 1 fully saturated rings. The van der Waals surface area contributed by atoms with Crippen LogP contribution < -0.4 is 4.74 Å². The number of nitrogens with zero attached hydrogens (tertiary/aromatic N) is 2. The van der Waals surface area contributed by atoms with Crippen molar-refractivity contribution in [3.05, 3.63) is 42.7 Å². The summed E-state index contributed by atoms with van der Waals surface area (Å²) in [5, 5.41) is 33.4. The minimum absolute atomic E-state index is 0.00524. The van der Waals surface area contributed by atoms with E-state index < -0.39 is 45.3 Å². The summed E-state index contributed by atoms with van der Waals surface area (Å²) in [6, 6.07) is 8.30. The summed E-state index contributed by atoms with van der Waals surface area (Å²) in [7, 11) is 0. The molecule has 3 heterocycles. The molecule has 0 amide bonds. The number of hydrogen-bond donors (Lipinski definition) is 3. The van der Waals surface area contributed by atoms with E-state index in [0.717, 1.165) is 38.1 Å². The zero-order valence-electron chi connectivity index (χ0n) is 17.1. The predicted octanol–water partition coefficient (Wildman–Crippen LogP) is 0.556. The van der Waals surface area contributed by atoms with Gasteiger partial charge in [-0.2, -0.15) is 0 Å². The van der Waals surface area contributed by atoms with Gasteiger partial charge in [0.1, 0.15) is 0 Å². The summed E-state index contributed by atoms with van der Waals surface area (Å²) >= 11 is 0.724. The molecule has 1 saturated heterocycles. The van der Waals surface area contributed by atoms with Crippen molar-refractivity contribution in [1.82, 2.24) is 9.97 Å². The lowest BCUT2D eigenvalue weighted by molar-refractivity contribution is -0.236. The van der Waals surface area contributed by atoms with Crippen molar-refractivity contribution in [2.45, 2.75) is 43.0 Å². The normalized spacial score (nSPS) is 30.5. The highest BCUT2D eigenvalue weighted by molar-refractivity contribution is 8.00. The third-order valence-electron chi connectivity index (χ3n) is 5.49. The van der Waals surface area contributed by atoms with Gasteiger partial charge >= 0.3 is 0 Å². The molecule has 0 unspecified atom stereocenters. The van der Waals surface area contributed by atoms with Crippen LogP contribution in [0.3, 0.4) is 0 Å². The molecule has 2 aromatic heterocycles. The average Bonchev–Trinajstić information content (AvgIpc) is 2.74. The number of Topliss-reactive ketones (excluding diaryl/α,β-unsaturated/α-hetero) is 3. The minimum atomic E-state index is -3.11. The van der Waals surface area contributed by atoms with Crippen molar-refractivity contribution in [2.75, 3.05) is 5.75 Å². The molecule has 0 aromatic carbocycles. The highest BCUT2D eigenvalue weighted by Crippen LogP contribution is 2.48. The van der Waals surface area contributed by atoms with E-state index in [1.807, 2.05) is 0 Å². The van der Waals surface area contributed by atoms with Gasteiger partial charge in [-0.15, -0.1) is 11.8 Å². The van der Waals surface area contributed by atoms with Crippen LogP contribution in [-0.4, -0.2) is 70.6 Å². The molecule has 3 rings (SSSR count). The summed E-state index contributed by atoms with van der Waals surface area (Å²) in [6.07, 6.45) is 3.18. The summed E-state index contributed by atoms with van der Waals surface area (Å²) < 4.78 is 5.74. The first-order chi connectivity index (χ1) is 14.5. The van der Waals surface area contributed by atoms with Gasteiger partial charge in [-0.05, 0) is 39.0 Å². The molecule has 0 radical (unpaired) electrons. The smallest absolute Gasteiger partial charge is 0.215 e. The molecule has 31 heavy (non-hydrogen) atoms. The molecule has 2 aromatic rings. The summed E-state index contributed by atoms with van der Waals surface area (Å²) in [4.78, 5) is 45.4. The van der Waals surface area contributed by atoms with Crippen LogP contribution in [0.2, 0.25) is 0 Å². The van der Waals surface area contributed by atoms with E-state index in [0.29, 0.717) is 5.69 Å². The third kappa shape index (κ3) is 3.45. The number of rotatable bonds is 6. The van der Waals surface area contributed by atoms with Crippen LogP contribution in [0.25, 0.3) is 11.3 Å². The Bertz CT molecular complexity index is 1030. The second-order valence-electron chi connectivity index (χ2n) is 7.36. The first-order valence-corrected chi connectivity index (χ1v) is 10.4. The molecule has 1 aliphatic rings. The number of aliphatic hydroxyl groups is 3. The summed E-state index contributed by atoms with van der Waals surface area (Å²) in [5.74, 6) is -3.63. The van der Waals surface area contributed by atoms with Gasteiger partial charge in [0.15, 0.2) is 34.0 Å². The maximum Gasteiger partial charge on any atom is 0.215 e. The van der Waals surface area contributed by atoms with E-state index in [2.05, 4.69) is 9.97 Å². The molecule has 1 aliphatic heterocycles. The summed E-state index contributed by atoms with van der Waals surface area (Å²) in [6.45, 7) is 2.80. The van der Waals surface area contributed by atoms with Crippen molar-refractivity contribution in [2.24, 2.45) is 0 Å². The van der Waals surface area contributed by atoms with Crippen molar-refractivity contribution < 1.29 is 34.4 Å². The molecule has 4 atom stereocenters. The van der Waals surface area contributed by atoms with E-state index in [-0.39, 0.29) is 5.88 Å². The number of ketones is 3. The molecule has 0 aliphatic carbocycles. The molecule has 0 bridgehead atoms. The number of carbonyl (C=O) groups excluding carboxylic acids is 3. The van der Waals surface area contributed by atoms with Gasteiger partial charge in [-0.25, -0.2) is 4.98 Å². The van der Waals surface area contributed by atoms with E-state index >= 15 is 0 Å². The Balaban J connectivity index is 2.06. The molecular weight excluding hydrogens is 424 g/mol. The Labute approximate surface area is 182 Å². The van der Waals surface area contributed by atoms with Crippen LogP contribution >= 0.6 is 11.8 Å². The second-order valence-corrected chi connectivity index (χ2v) is 8.41. The van der Waals surface area contributed by atoms with Crippen molar-refractivity contribution >= 4 is 29.1 Å². The largest absolute Gasteiger partial charge is 0.459 e. The number of thioether (sulfide) groups is 1. The Morgan fingerprint density at radius 2 is 1.65 bits per heavy atom. The molecule has 164 valence electrons. The van der Waals surface area contributed by atoms with Crippen LogP contribution in [0, 0.1) is 0 Å². The molecular formula is C21H22N2O7S. The first kappa shape index (κ1) is 23.0. The van der Waals surface area contributed by atoms with Gasteiger partial charge < -0.3 is 20.1 Å². The van der Waals surface area contributed by atoms with E-state index in [1.54, 1.807) is 36.7 Å². The van der Waals surface area contributed by atoms with Gasteiger partial charge in [0.25, 0.3) is 0 Å². The van der Waals surface area contributed by atoms with Crippen molar-refractivity contribution in [3.8, 4) is 17.1 Å². The van der Waals surface area contributed by atoms with Crippen LogP contribution in [0.1, 0.15) is 20.8 Å². The Kier molecular flexibility index (Phi) is 6.03.